The van der Waals surface area contributed by atoms with Gasteiger partial charge < -0.3 is 10.2 Å². The summed E-state index contributed by atoms with van der Waals surface area (Å²) in [5.74, 6) is 1.37. The molecular weight excluding hydrogens is 310 g/mol. The molecule has 3 rings (SSSR count). The number of aromatic nitrogens is 3. The molecule has 1 heterocycles. The average Bonchev–Trinajstić information content (AvgIpc) is 2.66. The first kappa shape index (κ1) is 16.9. The normalized spacial score (nSPS) is 10.7. The Kier molecular flexibility index (Phi) is 5.57. The molecule has 1 aromatic heterocycles. The first-order valence-corrected chi connectivity index (χ1v) is 8.50. The molecule has 0 aliphatic heterocycles. The van der Waals surface area contributed by atoms with E-state index in [0.29, 0.717) is 12.5 Å². The lowest BCUT2D eigenvalue weighted by atomic mass is 10.2. The Morgan fingerprint density at radius 3 is 2.20 bits per heavy atom. The fourth-order valence-corrected chi connectivity index (χ4v) is 2.55. The Morgan fingerprint density at radius 1 is 0.920 bits per heavy atom. The molecule has 0 radical (unpaired) electrons. The number of nitrogens with one attached hydrogen (secondary N) is 1. The van der Waals surface area contributed by atoms with Crippen molar-refractivity contribution in [1.82, 2.24) is 15.2 Å². The number of rotatable bonds is 7. The minimum absolute atomic E-state index is 0.270. The molecule has 2 aromatic carbocycles. The number of hydrogen-bond acceptors (Lipinski definition) is 5. The minimum atomic E-state index is 0.270. The summed E-state index contributed by atoms with van der Waals surface area (Å²) in [6.07, 6.45) is 1.66. The van der Waals surface area contributed by atoms with Gasteiger partial charge in [0.25, 0.3) is 0 Å². The molecule has 0 unspecified atom stereocenters. The van der Waals surface area contributed by atoms with E-state index in [1.165, 1.54) is 11.1 Å². The Bertz CT molecular complexity index is 774. The van der Waals surface area contributed by atoms with Crippen LogP contribution in [-0.4, -0.2) is 21.2 Å². The first-order valence-electron chi connectivity index (χ1n) is 8.50. The van der Waals surface area contributed by atoms with Gasteiger partial charge in [0.15, 0.2) is 5.82 Å². The highest BCUT2D eigenvalue weighted by atomic mass is 15.3. The van der Waals surface area contributed by atoms with Crippen LogP contribution in [0.5, 0.6) is 0 Å². The molecule has 3 aromatic rings. The van der Waals surface area contributed by atoms with E-state index in [-0.39, 0.29) is 6.04 Å². The molecule has 5 heteroatoms. The van der Waals surface area contributed by atoms with Crippen LogP contribution in [0.1, 0.15) is 25.0 Å². The molecule has 1 N–H and O–H groups in total. The third kappa shape index (κ3) is 4.76. The quantitative estimate of drug-likeness (QED) is 0.711. The van der Waals surface area contributed by atoms with E-state index in [0.717, 1.165) is 12.4 Å². The average molecular weight is 333 g/mol. The van der Waals surface area contributed by atoms with Gasteiger partial charge >= 0.3 is 0 Å². The Balaban J connectivity index is 1.73. The lowest BCUT2D eigenvalue weighted by molar-refractivity contribution is 0.652. The van der Waals surface area contributed by atoms with Crippen molar-refractivity contribution in [3.8, 4) is 0 Å². The summed E-state index contributed by atoms with van der Waals surface area (Å²) < 4.78 is 0. The van der Waals surface area contributed by atoms with E-state index in [9.17, 15) is 0 Å². The predicted molar refractivity (Wildman–Crippen MR) is 101 cm³/mol. The summed E-state index contributed by atoms with van der Waals surface area (Å²) in [7, 11) is 0. The third-order valence-electron chi connectivity index (χ3n) is 3.94. The van der Waals surface area contributed by atoms with E-state index >= 15 is 0 Å². The summed E-state index contributed by atoms with van der Waals surface area (Å²) in [5, 5.41) is 11.7. The molecule has 0 amide bonds. The van der Waals surface area contributed by atoms with E-state index < -0.39 is 0 Å². The number of hydrogen-bond donors (Lipinski definition) is 1. The SMILES string of the molecule is CC(C)N(Cc1ccccc1)c1nncc(NCc2ccccc2)n1. The van der Waals surface area contributed by atoms with Crippen LogP contribution in [0, 0.1) is 0 Å². The molecule has 0 atom stereocenters. The standard InChI is InChI=1S/C20H23N5/c1-16(2)25(15-18-11-7-4-8-12-18)20-23-19(14-22-24-20)21-13-17-9-5-3-6-10-17/h3-12,14,16H,13,15H2,1-2H3,(H,21,23,24). The molecule has 0 spiro atoms. The van der Waals surface area contributed by atoms with Gasteiger partial charge in [-0.3, -0.25) is 0 Å². The van der Waals surface area contributed by atoms with Crippen molar-refractivity contribution in [2.45, 2.75) is 33.0 Å². The highest BCUT2D eigenvalue weighted by Crippen LogP contribution is 2.17. The van der Waals surface area contributed by atoms with Crippen LogP contribution in [0.4, 0.5) is 11.8 Å². The zero-order valence-electron chi connectivity index (χ0n) is 14.6. The second-order valence-electron chi connectivity index (χ2n) is 6.19. The van der Waals surface area contributed by atoms with E-state index in [1.54, 1.807) is 6.20 Å². The predicted octanol–water partition coefficient (Wildman–Crippen LogP) is 3.90. The zero-order valence-corrected chi connectivity index (χ0v) is 14.6. The molecule has 0 saturated carbocycles. The first-order chi connectivity index (χ1) is 12.2. The van der Waals surface area contributed by atoms with E-state index in [4.69, 9.17) is 0 Å². The van der Waals surface area contributed by atoms with Crippen molar-refractivity contribution in [2.75, 3.05) is 10.2 Å². The van der Waals surface area contributed by atoms with E-state index in [1.807, 2.05) is 36.4 Å². The monoisotopic (exact) mass is 333 g/mol. The van der Waals surface area contributed by atoms with Gasteiger partial charge in [0.05, 0.1) is 6.20 Å². The number of anilines is 2. The molecule has 128 valence electrons. The van der Waals surface area contributed by atoms with Crippen LogP contribution in [0.25, 0.3) is 0 Å². The summed E-state index contributed by atoms with van der Waals surface area (Å²) in [4.78, 5) is 6.80. The fourth-order valence-electron chi connectivity index (χ4n) is 2.55. The molecular formula is C20H23N5. The van der Waals surface area contributed by atoms with Gasteiger partial charge in [-0.2, -0.15) is 10.1 Å². The molecule has 0 aliphatic rings. The van der Waals surface area contributed by atoms with Gasteiger partial charge in [0, 0.05) is 19.1 Å². The minimum Gasteiger partial charge on any atom is -0.365 e. The van der Waals surface area contributed by atoms with Crippen LogP contribution in [0.2, 0.25) is 0 Å². The Morgan fingerprint density at radius 2 is 1.56 bits per heavy atom. The Hall–Kier alpha value is -2.95. The van der Waals surface area contributed by atoms with Crippen molar-refractivity contribution in [1.29, 1.82) is 0 Å². The van der Waals surface area contributed by atoms with Crippen molar-refractivity contribution in [3.05, 3.63) is 78.0 Å². The fraction of sp³-hybridized carbons (Fsp3) is 0.250. The van der Waals surface area contributed by atoms with Crippen molar-refractivity contribution < 1.29 is 0 Å². The van der Waals surface area contributed by atoms with Crippen molar-refractivity contribution >= 4 is 11.8 Å². The van der Waals surface area contributed by atoms with Gasteiger partial charge in [0.1, 0.15) is 0 Å². The molecule has 0 fully saturated rings. The summed E-state index contributed by atoms with van der Waals surface area (Å²) >= 11 is 0. The maximum Gasteiger partial charge on any atom is 0.247 e. The number of benzene rings is 2. The lowest BCUT2D eigenvalue weighted by Crippen LogP contribution is -2.32. The summed E-state index contributed by atoms with van der Waals surface area (Å²) in [5.41, 5.74) is 2.43. The topological polar surface area (TPSA) is 53.9 Å². The van der Waals surface area contributed by atoms with Crippen LogP contribution < -0.4 is 10.2 Å². The molecule has 0 saturated heterocycles. The Labute approximate surface area is 148 Å². The third-order valence-corrected chi connectivity index (χ3v) is 3.94. The van der Waals surface area contributed by atoms with Crippen LogP contribution in [0.15, 0.2) is 66.9 Å². The molecule has 25 heavy (non-hydrogen) atoms. The highest BCUT2D eigenvalue weighted by molar-refractivity contribution is 5.41. The second kappa shape index (κ2) is 8.24. The zero-order chi connectivity index (χ0) is 17.5. The highest BCUT2D eigenvalue weighted by Gasteiger charge is 2.15. The van der Waals surface area contributed by atoms with Gasteiger partial charge in [-0.25, -0.2) is 0 Å². The summed E-state index contributed by atoms with van der Waals surface area (Å²) in [6.45, 7) is 5.73. The van der Waals surface area contributed by atoms with Gasteiger partial charge in [0.2, 0.25) is 5.95 Å². The maximum absolute atomic E-state index is 4.65. The maximum atomic E-state index is 4.65. The lowest BCUT2D eigenvalue weighted by Gasteiger charge is -2.26. The van der Waals surface area contributed by atoms with Crippen LogP contribution >= 0.6 is 0 Å². The van der Waals surface area contributed by atoms with E-state index in [2.05, 4.69) is 63.5 Å². The van der Waals surface area contributed by atoms with Crippen LogP contribution in [-0.2, 0) is 13.1 Å². The number of nitrogens with zero attached hydrogens (tertiary/aromatic N) is 4. The van der Waals surface area contributed by atoms with Gasteiger partial charge in [-0.05, 0) is 25.0 Å². The smallest absolute Gasteiger partial charge is 0.247 e. The van der Waals surface area contributed by atoms with Gasteiger partial charge in [-0.15, -0.1) is 5.10 Å². The summed E-state index contributed by atoms with van der Waals surface area (Å²) in [6, 6.07) is 20.8. The van der Waals surface area contributed by atoms with Crippen LogP contribution in [0.3, 0.4) is 0 Å². The largest absolute Gasteiger partial charge is 0.365 e. The van der Waals surface area contributed by atoms with Crippen molar-refractivity contribution in [3.63, 3.8) is 0 Å². The molecule has 0 aliphatic carbocycles. The van der Waals surface area contributed by atoms with Crippen molar-refractivity contribution in [2.24, 2.45) is 0 Å². The molecule has 5 nitrogen and oxygen atoms in total. The second-order valence-corrected chi connectivity index (χ2v) is 6.19. The molecule has 0 bridgehead atoms. The van der Waals surface area contributed by atoms with Gasteiger partial charge in [-0.1, -0.05) is 60.7 Å².